The number of hydrogen-bond donors (Lipinski definition) is 2. The minimum absolute atomic E-state index is 0.0193. The lowest BCUT2D eigenvalue weighted by Gasteiger charge is -2.14. The molecule has 1 aromatic carbocycles. The Labute approximate surface area is 99.4 Å². The average Bonchev–Trinajstić information content (AvgIpc) is 2.34. The lowest BCUT2D eigenvalue weighted by molar-refractivity contribution is -0.120. The Bertz CT molecular complexity index is 428. The van der Waals surface area contributed by atoms with Gasteiger partial charge in [-0.25, -0.2) is 4.39 Å². The van der Waals surface area contributed by atoms with Gasteiger partial charge in [0.15, 0.2) is 0 Å². The average molecular weight is 235 g/mol. The summed E-state index contributed by atoms with van der Waals surface area (Å²) >= 11 is 0. The third-order valence-electron chi connectivity index (χ3n) is 2.31. The number of carbonyl (C=O) groups is 1. The fourth-order valence-electron chi connectivity index (χ4n) is 1.38. The first kappa shape index (κ1) is 13.1. The molecule has 2 N–H and O–H groups in total. The number of hydrogen-bond acceptors (Lipinski definition) is 3. The van der Waals surface area contributed by atoms with Gasteiger partial charge in [0, 0.05) is 11.6 Å². The van der Waals surface area contributed by atoms with Crippen LogP contribution in [-0.4, -0.2) is 19.0 Å². The first-order valence-corrected chi connectivity index (χ1v) is 5.26. The minimum Gasteiger partial charge on any atom is -0.342 e. The Balaban J connectivity index is 2.45. The summed E-state index contributed by atoms with van der Waals surface area (Å²) in [5.41, 5.74) is 0.514. The molecule has 1 atom stereocenters. The summed E-state index contributed by atoms with van der Waals surface area (Å²) in [6.07, 6.45) is 0. The maximum Gasteiger partial charge on any atom is 0.234 e. The first-order valence-electron chi connectivity index (χ1n) is 5.26. The summed E-state index contributed by atoms with van der Waals surface area (Å²) in [7, 11) is 0. The van der Waals surface area contributed by atoms with Gasteiger partial charge in [0.1, 0.15) is 12.4 Å². The molecule has 0 aromatic heterocycles. The molecule has 0 radical (unpaired) electrons. The highest BCUT2D eigenvalue weighted by atomic mass is 19.1. The fourth-order valence-corrected chi connectivity index (χ4v) is 1.38. The van der Waals surface area contributed by atoms with Gasteiger partial charge >= 0.3 is 0 Å². The molecule has 1 aromatic rings. The third-order valence-corrected chi connectivity index (χ3v) is 2.31. The van der Waals surface area contributed by atoms with Gasteiger partial charge in [-0.15, -0.1) is 0 Å². The predicted octanol–water partition coefficient (Wildman–Crippen LogP) is 1.12. The number of carbonyl (C=O) groups excluding carboxylic acids is 1. The van der Waals surface area contributed by atoms with E-state index in [1.807, 2.05) is 6.07 Å². The zero-order chi connectivity index (χ0) is 12.7. The van der Waals surface area contributed by atoms with Crippen LogP contribution in [0.25, 0.3) is 0 Å². The predicted molar refractivity (Wildman–Crippen MR) is 61.4 cm³/mol. The number of benzene rings is 1. The smallest absolute Gasteiger partial charge is 0.234 e. The summed E-state index contributed by atoms with van der Waals surface area (Å²) in [5.74, 6) is -0.584. The molecule has 5 heteroatoms. The van der Waals surface area contributed by atoms with Crippen molar-refractivity contribution in [3.05, 3.63) is 35.6 Å². The fraction of sp³-hybridized carbons (Fsp3) is 0.333. The maximum absolute atomic E-state index is 13.4. The van der Waals surface area contributed by atoms with E-state index in [1.54, 1.807) is 25.1 Å². The number of nitrogens with zero attached hydrogens (tertiary/aromatic N) is 1. The van der Waals surface area contributed by atoms with Gasteiger partial charge in [-0.3, -0.25) is 4.79 Å². The molecule has 90 valence electrons. The van der Waals surface area contributed by atoms with Crippen molar-refractivity contribution in [2.45, 2.75) is 13.0 Å². The van der Waals surface area contributed by atoms with Crippen LogP contribution < -0.4 is 10.6 Å². The van der Waals surface area contributed by atoms with E-state index < -0.39 is 0 Å². The molecule has 0 bridgehead atoms. The van der Waals surface area contributed by atoms with Crippen LogP contribution in [-0.2, 0) is 4.79 Å². The molecular formula is C12H14FN3O. The molecule has 1 rings (SSSR count). The molecule has 0 fully saturated rings. The third kappa shape index (κ3) is 4.21. The van der Waals surface area contributed by atoms with E-state index in [-0.39, 0.29) is 30.9 Å². The van der Waals surface area contributed by atoms with E-state index >= 15 is 0 Å². The van der Waals surface area contributed by atoms with Gasteiger partial charge < -0.3 is 10.6 Å². The summed E-state index contributed by atoms with van der Waals surface area (Å²) in [5, 5.41) is 13.6. The number of nitrogens with one attached hydrogen (secondary N) is 2. The number of nitriles is 1. The van der Waals surface area contributed by atoms with Crippen molar-refractivity contribution < 1.29 is 9.18 Å². The van der Waals surface area contributed by atoms with E-state index in [9.17, 15) is 9.18 Å². The molecule has 0 aliphatic carbocycles. The Morgan fingerprint density at radius 2 is 2.24 bits per heavy atom. The molecule has 0 saturated carbocycles. The molecule has 0 saturated heterocycles. The van der Waals surface area contributed by atoms with Gasteiger partial charge in [-0.1, -0.05) is 18.2 Å². The van der Waals surface area contributed by atoms with Crippen LogP contribution in [0.3, 0.4) is 0 Å². The monoisotopic (exact) mass is 235 g/mol. The van der Waals surface area contributed by atoms with Crippen LogP contribution in [0.5, 0.6) is 0 Å². The molecule has 0 aliphatic rings. The highest BCUT2D eigenvalue weighted by Crippen LogP contribution is 2.15. The van der Waals surface area contributed by atoms with Gasteiger partial charge in [-0.05, 0) is 13.0 Å². The van der Waals surface area contributed by atoms with Crippen molar-refractivity contribution in [3.63, 3.8) is 0 Å². The van der Waals surface area contributed by atoms with Crippen molar-refractivity contribution in [1.29, 1.82) is 5.26 Å². The Morgan fingerprint density at radius 1 is 1.53 bits per heavy atom. The lowest BCUT2D eigenvalue weighted by Crippen LogP contribution is -2.35. The molecule has 0 aliphatic heterocycles. The van der Waals surface area contributed by atoms with E-state index in [2.05, 4.69) is 10.6 Å². The molecular weight excluding hydrogens is 221 g/mol. The largest absolute Gasteiger partial charge is 0.342 e. The maximum atomic E-state index is 13.4. The zero-order valence-electron chi connectivity index (χ0n) is 9.53. The quantitative estimate of drug-likeness (QED) is 0.751. The highest BCUT2D eigenvalue weighted by Gasteiger charge is 2.10. The zero-order valence-corrected chi connectivity index (χ0v) is 9.53. The standard InChI is InChI=1S/C12H14FN3O/c1-9(10-4-2-3-5-11(10)13)16-8-12(17)15-7-6-14/h2-5,9,16H,7-8H2,1H3,(H,15,17). The highest BCUT2D eigenvalue weighted by molar-refractivity contribution is 5.78. The van der Waals surface area contributed by atoms with Crippen molar-refractivity contribution in [3.8, 4) is 6.07 Å². The van der Waals surface area contributed by atoms with Gasteiger partial charge in [-0.2, -0.15) is 5.26 Å². The summed E-state index contributed by atoms with van der Waals surface area (Å²) in [6.45, 7) is 1.81. The van der Waals surface area contributed by atoms with Crippen LogP contribution in [0.1, 0.15) is 18.5 Å². The number of amides is 1. The van der Waals surface area contributed by atoms with Crippen molar-refractivity contribution in [2.75, 3.05) is 13.1 Å². The van der Waals surface area contributed by atoms with E-state index in [1.165, 1.54) is 6.07 Å². The van der Waals surface area contributed by atoms with Crippen molar-refractivity contribution >= 4 is 5.91 Å². The molecule has 1 unspecified atom stereocenters. The van der Waals surface area contributed by atoms with Crippen LogP contribution in [0.2, 0.25) is 0 Å². The van der Waals surface area contributed by atoms with Crippen LogP contribution >= 0.6 is 0 Å². The van der Waals surface area contributed by atoms with Crippen molar-refractivity contribution in [1.82, 2.24) is 10.6 Å². The molecule has 0 heterocycles. The van der Waals surface area contributed by atoms with E-state index in [0.29, 0.717) is 5.56 Å². The number of halogens is 1. The van der Waals surface area contributed by atoms with Gasteiger partial charge in [0.25, 0.3) is 0 Å². The van der Waals surface area contributed by atoms with Gasteiger partial charge in [0.2, 0.25) is 5.91 Å². The van der Waals surface area contributed by atoms with Crippen LogP contribution in [0, 0.1) is 17.1 Å². The second-order valence-corrected chi connectivity index (χ2v) is 3.56. The Morgan fingerprint density at radius 3 is 2.88 bits per heavy atom. The second-order valence-electron chi connectivity index (χ2n) is 3.56. The normalized spacial score (nSPS) is 11.6. The topological polar surface area (TPSA) is 64.9 Å². The summed E-state index contributed by atoms with van der Waals surface area (Å²) in [4.78, 5) is 11.2. The van der Waals surface area contributed by atoms with E-state index in [0.717, 1.165) is 0 Å². The summed E-state index contributed by atoms with van der Waals surface area (Å²) in [6, 6.07) is 7.95. The Hall–Kier alpha value is -1.93. The van der Waals surface area contributed by atoms with Crippen LogP contribution in [0.4, 0.5) is 4.39 Å². The lowest BCUT2D eigenvalue weighted by atomic mass is 10.1. The SMILES string of the molecule is CC(NCC(=O)NCC#N)c1ccccc1F. The van der Waals surface area contributed by atoms with E-state index in [4.69, 9.17) is 5.26 Å². The molecule has 17 heavy (non-hydrogen) atoms. The van der Waals surface area contributed by atoms with Gasteiger partial charge in [0.05, 0.1) is 12.6 Å². The summed E-state index contributed by atoms with van der Waals surface area (Å²) < 4.78 is 13.4. The first-order chi connectivity index (χ1) is 8.15. The van der Waals surface area contributed by atoms with Crippen LogP contribution in [0.15, 0.2) is 24.3 Å². The molecule has 0 spiro atoms. The minimum atomic E-state index is -0.301. The molecule has 1 amide bonds. The molecule has 4 nitrogen and oxygen atoms in total. The Kier molecular flexibility index (Phi) is 5.11. The number of rotatable bonds is 5. The second kappa shape index (κ2) is 6.61. The van der Waals surface area contributed by atoms with Crippen molar-refractivity contribution in [2.24, 2.45) is 0 Å².